The van der Waals surface area contributed by atoms with Crippen LogP contribution in [-0.2, 0) is 17.6 Å². The van der Waals surface area contributed by atoms with Gasteiger partial charge in [-0.3, -0.25) is 4.79 Å². The van der Waals surface area contributed by atoms with Crippen LogP contribution in [0.1, 0.15) is 50.7 Å². The lowest BCUT2D eigenvalue weighted by atomic mass is 10.1. The van der Waals surface area contributed by atoms with Crippen molar-refractivity contribution < 1.29 is 4.79 Å². The van der Waals surface area contributed by atoms with Gasteiger partial charge in [-0.2, -0.15) is 0 Å². The molecule has 1 aromatic carbocycles. The molecule has 0 heterocycles. The number of carbonyl (C=O) groups is 1. The highest BCUT2D eigenvalue weighted by atomic mass is 16.1. The van der Waals surface area contributed by atoms with Crippen LogP contribution in [0.4, 0.5) is 0 Å². The van der Waals surface area contributed by atoms with Crippen molar-refractivity contribution in [3.8, 4) is 0 Å². The Morgan fingerprint density at radius 3 is 2.43 bits per heavy atom. The summed E-state index contributed by atoms with van der Waals surface area (Å²) in [7, 11) is 0. The smallest absolute Gasteiger partial charge is 0.159 e. The van der Waals surface area contributed by atoms with Crippen molar-refractivity contribution in [2.75, 3.05) is 13.1 Å². The van der Waals surface area contributed by atoms with Crippen molar-refractivity contribution in [3.63, 3.8) is 0 Å². The Hall–Kier alpha value is -1.41. The maximum Gasteiger partial charge on any atom is 0.159 e. The molecule has 0 amide bonds. The minimum atomic E-state index is 0.185. The Bertz CT molecular complexity index is 420. The monoisotopic (exact) mass is 287 g/mol. The topological polar surface area (TPSA) is 29.1 Å². The molecule has 1 rings (SSSR count). The maximum atomic E-state index is 11.8. The molecule has 0 fully saturated rings. The summed E-state index contributed by atoms with van der Waals surface area (Å²) in [5.41, 5.74) is 2.41. The summed E-state index contributed by atoms with van der Waals surface area (Å²) in [6.45, 7) is 6.39. The van der Waals surface area contributed by atoms with E-state index in [0.29, 0.717) is 6.42 Å². The van der Waals surface area contributed by atoms with Gasteiger partial charge in [0.05, 0.1) is 0 Å². The molecule has 0 saturated heterocycles. The van der Waals surface area contributed by atoms with E-state index in [0.717, 1.165) is 31.5 Å². The summed E-state index contributed by atoms with van der Waals surface area (Å²) in [5, 5.41) is 3.39. The minimum Gasteiger partial charge on any atom is -0.316 e. The molecule has 116 valence electrons. The van der Waals surface area contributed by atoms with E-state index >= 15 is 0 Å². The molecule has 0 unspecified atom stereocenters. The molecule has 2 nitrogen and oxygen atoms in total. The average molecular weight is 287 g/mol. The fourth-order valence-corrected chi connectivity index (χ4v) is 2.18. The van der Waals surface area contributed by atoms with Gasteiger partial charge in [0.25, 0.3) is 0 Å². The van der Waals surface area contributed by atoms with Crippen LogP contribution in [0.3, 0.4) is 0 Å². The van der Waals surface area contributed by atoms with Gasteiger partial charge in [-0.05, 0) is 49.6 Å². The van der Waals surface area contributed by atoms with E-state index in [2.05, 4.69) is 43.4 Å². The molecule has 0 aliphatic heterocycles. The van der Waals surface area contributed by atoms with Crippen molar-refractivity contribution in [2.45, 2.75) is 52.4 Å². The highest BCUT2D eigenvalue weighted by Gasteiger charge is 1.99. The summed E-state index contributed by atoms with van der Waals surface area (Å²) >= 11 is 0. The molecule has 21 heavy (non-hydrogen) atoms. The first kappa shape index (κ1) is 17.6. The van der Waals surface area contributed by atoms with Crippen molar-refractivity contribution in [3.05, 3.63) is 47.5 Å². The largest absolute Gasteiger partial charge is 0.316 e. The van der Waals surface area contributed by atoms with Crippen molar-refractivity contribution in [1.82, 2.24) is 5.32 Å². The zero-order chi connectivity index (χ0) is 15.3. The molecule has 1 N–H and O–H groups in total. The predicted octanol–water partition coefficient (Wildman–Crippen LogP) is 4.09. The third kappa shape index (κ3) is 8.46. The lowest BCUT2D eigenvalue weighted by molar-refractivity contribution is -0.114. The van der Waals surface area contributed by atoms with Crippen LogP contribution in [0.2, 0.25) is 0 Å². The Morgan fingerprint density at radius 2 is 1.76 bits per heavy atom. The summed E-state index contributed by atoms with van der Waals surface area (Å²) in [6, 6.07) is 8.32. The second kappa shape index (κ2) is 11.3. The van der Waals surface area contributed by atoms with Gasteiger partial charge in [0.1, 0.15) is 0 Å². The number of carbonyl (C=O) groups excluding carboxylic acids is 1. The molecule has 0 bridgehead atoms. The third-order valence-electron chi connectivity index (χ3n) is 3.56. The highest BCUT2D eigenvalue weighted by Crippen LogP contribution is 2.06. The second-order valence-corrected chi connectivity index (χ2v) is 5.46. The second-order valence-electron chi connectivity index (χ2n) is 5.46. The first-order valence-electron chi connectivity index (χ1n) is 8.24. The average Bonchev–Trinajstić information content (AvgIpc) is 2.50. The molecular formula is C19H29NO. The number of hydrogen-bond donors (Lipinski definition) is 1. The maximum absolute atomic E-state index is 11.8. The summed E-state index contributed by atoms with van der Waals surface area (Å²) in [4.78, 5) is 11.8. The quantitative estimate of drug-likeness (QED) is 0.490. The van der Waals surface area contributed by atoms with Gasteiger partial charge in [0.15, 0.2) is 5.78 Å². The van der Waals surface area contributed by atoms with Gasteiger partial charge >= 0.3 is 0 Å². The van der Waals surface area contributed by atoms with Gasteiger partial charge < -0.3 is 5.32 Å². The third-order valence-corrected chi connectivity index (χ3v) is 3.56. The normalized spacial score (nSPS) is 11.1. The van der Waals surface area contributed by atoms with Gasteiger partial charge in [-0.1, -0.05) is 57.0 Å². The Kier molecular flexibility index (Phi) is 9.47. The molecule has 1 aromatic rings. The Labute approximate surface area is 129 Å². The van der Waals surface area contributed by atoms with Crippen molar-refractivity contribution in [2.24, 2.45) is 0 Å². The van der Waals surface area contributed by atoms with Crippen LogP contribution < -0.4 is 5.32 Å². The van der Waals surface area contributed by atoms with E-state index in [1.165, 1.54) is 24.8 Å². The molecule has 0 aliphatic carbocycles. The molecule has 0 spiro atoms. The number of unbranched alkanes of at least 4 members (excludes halogenated alkanes) is 2. The van der Waals surface area contributed by atoms with Gasteiger partial charge in [-0.15, -0.1) is 0 Å². The number of nitrogens with one attached hydrogen (secondary N) is 1. The fourth-order valence-electron chi connectivity index (χ4n) is 2.18. The molecule has 0 radical (unpaired) electrons. The number of aryl methyl sites for hydroxylation is 1. The number of allylic oxidation sites excluding steroid dienone is 1. The van der Waals surface area contributed by atoms with Crippen LogP contribution in [-0.4, -0.2) is 18.9 Å². The summed E-state index contributed by atoms with van der Waals surface area (Å²) in [5.74, 6) is 0.185. The highest BCUT2D eigenvalue weighted by molar-refractivity contribution is 5.91. The number of ketones is 1. The molecular weight excluding hydrogens is 258 g/mol. The molecule has 0 aromatic heterocycles. The molecule has 0 aliphatic rings. The number of hydrogen-bond acceptors (Lipinski definition) is 2. The van der Waals surface area contributed by atoms with Crippen LogP contribution in [0.25, 0.3) is 0 Å². The Balaban J connectivity index is 2.16. The van der Waals surface area contributed by atoms with Crippen LogP contribution in [0, 0.1) is 0 Å². The van der Waals surface area contributed by atoms with E-state index in [1.807, 2.05) is 6.08 Å². The van der Waals surface area contributed by atoms with E-state index in [4.69, 9.17) is 0 Å². The number of benzene rings is 1. The summed E-state index contributed by atoms with van der Waals surface area (Å²) in [6.07, 6.45) is 9.97. The van der Waals surface area contributed by atoms with Gasteiger partial charge in [-0.25, -0.2) is 0 Å². The molecule has 2 heteroatoms. The number of rotatable bonds is 11. The fraction of sp³-hybridized carbons (Fsp3) is 0.526. The van der Waals surface area contributed by atoms with Crippen molar-refractivity contribution >= 4 is 5.78 Å². The van der Waals surface area contributed by atoms with Crippen LogP contribution >= 0.6 is 0 Å². The zero-order valence-electron chi connectivity index (χ0n) is 13.5. The molecule has 0 atom stereocenters. The first-order chi connectivity index (χ1) is 10.3. The minimum absolute atomic E-state index is 0.185. The van der Waals surface area contributed by atoms with E-state index < -0.39 is 0 Å². The first-order valence-corrected chi connectivity index (χ1v) is 8.24. The van der Waals surface area contributed by atoms with Crippen LogP contribution in [0.15, 0.2) is 36.4 Å². The zero-order valence-corrected chi connectivity index (χ0v) is 13.5. The Morgan fingerprint density at radius 1 is 1.05 bits per heavy atom. The SMILES string of the molecule is CCCCCNCC/C=C\C(=O)Cc1ccc(CC)cc1. The lowest BCUT2D eigenvalue weighted by Crippen LogP contribution is -2.16. The van der Waals surface area contributed by atoms with Crippen LogP contribution in [0.5, 0.6) is 0 Å². The molecule has 0 saturated carbocycles. The lowest BCUT2D eigenvalue weighted by Gasteiger charge is -2.01. The standard InChI is InChI=1S/C19H29NO/c1-3-5-7-14-20-15-8-6-9-19(21)16-18-12-10-17(4-2)11-13-18/h6,9-13,20H,3-5,7-8,14-16H2,1-2H3/b9-6-. The van der Waals surface area contributed by atoms with E-state index in [1.54, 1.807) is 6.08 Å². The summed E-state index contributed by atoms with van der Waals surface area (Å²) < 4.78 is 0. The van der Waals surface area contributed by atoms with Gasteiger partial charge in [0.2, 0.25) is 0 Å². The van der Waals surface area contributed by atoms with E-state index in [-0.39, 0.29) is 5.78 Å². The van der Waals surface area contributed by atoms with Gasteiger partial charge in [0, 0.05) is 6.42 Å². The van der Waals surface area contributed by atoms with Crippen molar-refractivity contribution in [1.29, 1.82) is 0 Å². The van der Waals surface area contributed by atoms with E-state index in [9.17, 15) is 4.79 Å². The predicted molar refractivity (Wildman–Crippen MR) is 90.7 cm³/mol.